The van der Waals surface area contributed by atoms with Gasteiger partial charge in [0.15, 0.2) is 0 Å². The lowest BCUT2D eigenvalue weighted by atomic mass is 10.2. The molecule has 1 fully saturated rings. The molecule has 0 spiro atoms. The van der Waals surface area contributed by atoms with Gasteiger partial charge in [-0.3, -0.25) is 4.79 Å². The molecule has 1 saturated heterocycles. The molecule has 0 unspecified atom stereocenters. The summed E-state index contributed by atoms with van der Waals surface area (Å²) in [5.74, 6) is 0.0830. The maximum absolute atomic E-state index is 13.2. The van der Waals surface area contributed by atoms with E-state index in [4.69, 9.17) is 5.26 Å². The first kappa shape index (κ1) is 19.3. The van der Waals surface area contributed by atoms with Crippen molar-refractivity contribution in [2.75, 3.05) is 31.1 Å². The number of nitrogens with zero attached hydrogens (tertiary/aromatic N) is 5. The largest absolute Gasteiger partial charge is 0.368 e. The molecule has 3 heterocycles. The average Bonchev–Trinajstić information content (AvgIpc) is 3.40. The predicted molar refractivity (Wildman–Crippen MR) is 123 cm³/mol. The van der Waals surface area contributed by atoms with E-state index in [9.17, 15) is 4.79 Å². The lowest BCUT2D eigenvalue weighted by Gasteiger charge is -2.36. The van der Waals surface area contributed by atoms with Crippen molar-refractivity contribution in [3.05, 3.63) is 76.8 Å². The van der Waals surface area contributed by atoms with Gasteiger partial charge in [0.1, 0.15) is 4.83 Å². The maximum Gasteiger partial charge on any atom is 0.264 e. The van der Waals surface area contributed by atoms with Crippen LogP contribution in [-0.4, -0.2) is 46.8 Å². The van der Waals surface area contributed by atoms with Crippen molar-refractivity contribution < 1.29 is 4.79 Å². The van der Waals surface area contributed by atoms with Crippen LogP contribution in [0.25, 0.3) is 15.9 Å². The van der Waals surface area contributed by atoms with Crippen molar-refractivity contribution in [3.63, 3.8) is 0 Å². The SMILES string of the molecule is Cc1nn(-c2ccccc2)c2sc(C(=O)N3CCN(c4ccc(C#N)cc4)CC3)cc12. The van der Waals surface area contributed by atoms with E-state index in [2.05, 4.69) is 16.1 Å². The van der Waals surface area contributed by atoms with E-state index < -0.39 is 0 Å². The van der Waals surface area contributed by atoms with Crippen LogP contribution in [-0.2, 0) is 0 Å². The lowest BCUT2D eigenvalue weighted by Crippen LogP contribution is -2.48. The Labute approximate surface area is 184 Å². The fourth-order valence-corrected chi connectivity index (χ4v) is 5.12. The number of carbonyl (C=O) groups excluding carboxylic acids is 1. The Bertz CT molecular complexity index is 1280. The molecule has 4 aromatic rings. The molecule has 154 valence electrons. The Morgan fingerprint density at radius 3 is 2.39 bits per heavy atom. The quantitative estimate of drug-likeness (QED) is 0.491. The Kier molecular flexibility index (Phi) is 4.92. The Morgan fingerprint density at radius 2 is 1.71 bits per heavy atom. The van der Waals surface area contributed by atoms with E-state index in [1.54, 1.807) is 0 Å². The lowest BCUT2D eigenvalue weighted by molar-refractivity contribution is 0.0751. The molecular weight excluding hydrogens is 406 g/mol. The van der Waals surface area contributed by atoms with E-state index in [0.29, 0.717) is 18.7 Å². The number of para-hydroxylation sites is 1. The summed E-state index contributed by atoms with van der Waals surface area (Å²) in [6.45, 7) is 4.89. The van der Waals surface area contributed by atoms with Crippen molar-refractivity contribution in [1.29, 1.82) is 5.26 Å². The maximum atomic E-state index is 13.2. The number of thiophene rings is 1. The Morgan fingerprint density at radius 1 is 1.00 bits per heavy atom. The number of aromatic nitrogens is 2. The third-order valence-electron chi connectivity index (χ3n) is 5.68. The van der Waals surface area contributed by atoms with Crippen molar-refractivity contribution >= 4 is 33.1 Å². The van der Waals surface area contributed by atoms with Crippen LogP contribution < -0.4 is 4.90 Å². The van der Waals surface area contributed by atoms with Crippen molar-refractivity contribution in [2.45, 2.75) is 6.92 Å². The highest BCUT2D eigenvalue weighted by molar-refractivity contribution is 7.20. The molecule has 0 aliphatic carbocycles. The van der Waals surface area contributed by atoms with Gasteiger partial charge in [-0.1, -0.05) is 18.2 Å². The van der Waals surface area contributed by atoms with Gasteiger partial charge in [0.2, 0.25) is 0 Å². The van der Waals surface area contributed by atoms with Gasteiger partial charge in [-0.15, -0.1) is 11.3 Å². The summed E-state index contributed by atoms with van der Waals surface area (Å²) in [5.41, 5.74) is 3.68. The standard InChI is InChI=1S/C24H21N5OS/c1-17-21-15-22(31-24(21)29(26-17)20-5-3-2-4-6-20)23(30)28-13-11-27(12-14-28)19-9-7-18(16-25)8-10-19/h2-10,15H,11-14H2,1H3. The van der Waals surface area contributed by atoms with E-state index in [-0.39, 0.29) is 5.91 Å². The fourth-order valence-electron chi connectivity index (χ4n) is 3.97. The highest BCUT2D eigenvalue weighted by Gasteiger charge is 2.25. The second-order valence-electron chi connectivity index (χ2n) is 7.60. The molecule has 0 atom stereocenters. The molecule has 0 N–H and O–H groups in total. The minimum absolute atomic E-state index is 0.0830. The number of benzene rings is 2. The van der Waals surface area contributed by atoms with Gasteiger partial charge in [-0.2, -0.15) is 10.4 Å². The van der Waals surface area contributed by atoms with Gasteiger partial charge in [0.05, 0.1) is 27.9 Å². The van der Waals surface area contributed by atoms with E-state index in [1.807, 2.05) is 77.2 Å². The molecule has 1 aliphatic rings. The number of hydrogen-bond donors (Lipinski definition) is 0. The normalized spacial score (nSPS) is 14.1. The summed E-state index contributed by atoms with van der Waals surface area (Å²) in [6.07, 6.45) is 0. The molecule has 1 amide bonds. The van der Waals surface area contributed by atoms with Crippen LogP contribution in [0.5, 0.6) is 0 Å². The fraction of sp³-hybridized carbons (Fsp3) is 0.208. The summed E-state index contributed by atoms with van der Waals surface area (Å²) in [6, 6.07) is 21.8. The third-order valence-corrected chi connectivity index (χ3v) is 6.78. The number of hydrogen-bond acceptors (Lipinski definition) is 5. The van der Waals surface area contributed by atoms with E-state index in [1.165, 1.54) is 11.3 Å². The van der Waals surface area contributed by atoms with Crippen molar-refractivity contribution in [3.8, 4) is 11.8 Å². The molecule has 0 radical (unpaired) electrons. The highest BCUT2D eigenvalue weighted by atomic mass is 32.1. The first-order valence-electron chi connectivity index (χ1n) is 10.2. The number of aryl methyl sites for hydroxylation is 1. The summed E-state index contributed by atoms with van der Waals surface area (Å²) < 4.78 is 1.93. The summed E-state index contributed by atoms with van der Waals surface area (Å²) in [4.78, 5) is 19.2. The van der Waals surface area contributed by atoms with Crippen molar-refractivity contribution in [2.24, 2.45) is 0 Å². The zero-order valence-electron chi connectivity index (χ0n) is 17.2. The minimum atomic E-state index is 0.0830. The topological polar surface area (TPSA) is 65.2 Å². The van der Waals surface area contributed by atoms with Crippen LogP contribution in [0.3, 0.4) is 0 Å². The van der Waals surface area contributed by atoms with Gasteiger partial charge in [-0.05, 0) is 49.4 Å². The third kappa shape index (κ3) is 3.56. The molecule has 5 rings (SSSR count). The summed E-state index contributed by atoms with van der Waals surface area (Å²) in [5, 5.41) is 14.7. The van der Waals surface area contributed by atoms with E-state index >= 15 is 0 Å². The van der Waals surface area contributed by atoms with Crippen molar-refractivity contribution in [1.82, 2.24) is 14.7 Å². The number of nitriles is 1. The zero-order valence-corrected chi connectivity index (χ0v) is 18.0. The molecule has 31 heavy (non-hydrogen) atoms. The average molecular weight is 428 g/mol. The van der Waals surface area contributed by atoms with Gasteiger partial charge in [-0.25, -0.2) is 4.68 Å². The summed E-state index contributed by atoms with van der Waals surface area (Å²) in [7, 11) is 0. The monoisotopic (exact) mass is 427 g/mol. The first-order chi connectivity index (χ1) is 15.1. The molecule has 0 bridgehead atoms. The number of amides is 1. The molecule has 2 aromatic heterocycles. The predicted octanol–water partition coefficient (Wildman–Crippen LogP) is 4.23. The van der Waals surface area contributed by atoms with E-state index in [0.717, 1.165) is 45.3 Å². The van der Waals surface area contributed by atoms with Crippen LogP contribution in [0.4, 0.5) is 5.69 Å². The zero-order chi connectivity index (χ0) is 21.4. The Hall–Kier alpha value is -3.63. The number of rotatable bonds is 3. The Balaban J connectivity index is 1.33. The number of carbonyl (C=O) groups is 1. The minimum Gasteiger partial charge on any atom is -0.368 e. The summed E-state index contributed by atoms with van der Waals surface area (Å²) >= 11 is 1.51. The second-order valence-corrected chi connectivity index (χ2v) is 8.63. The molecule has 2 aromatic carbocycles. The van der Waals surface area contributed by atoms with Gasteiger partial charge in [0.25, 0.3) is 5.91 Å². The highest BCUT2D eigenvalue weighted by Crippen LogP contribution is 2.31. The first-order valence-corrected chi connectivity index (χ1v) is 11.0. The van der Waals surface area contributed by atoms with Gasteiger partial charge >= 0.3 is 0 Å². The molecule has 1 aliphatic heterocycles. The number of anilines is 1. The molecular formula is C24H21N5OS. The second kappa shape index (κ2) is 7.89. The van der Waals surface area contributed by atoms with Crippen LogP contribution >= 0.6 is 11.3 Å². The number of fused-ring (bicyclic) bond motifs is 1. The van der Waals surface area contributed by atoms with Gasteiger partial charge < -0.3 is 9.80 Å². The van der Waals surface area contributed by atoms with Gasteiger partial charge in [0, 0.05) is 37.3 Å². The number of piperazine rings is 1. The molecule has 6 nitrogen and oxygen atoms in total. The van der Waals surface area contributed by atoms with Crippen LogP contribution in [0, 0.1) is 18.3 Å². The molecule has 0 saturated carbocycles. The smallest absolute Gasteiger partial charge is 0.264 e. The van der Waals surface area contributed by atoms with Crippen LogP contribution in [0.1, 0.15) is 20.9 Å². The van der Waals surface area contributed by atoms with Crippen LogP contribution in [0.2, 0.25) is 0 Å². The molecule has 7 heteroatoms. The van der Waals surface area contributed by atoms with Crippen LogP contribution in [0.15, 0.2) is 60.7 Å².